The Bertz CT molecular complexity index is 502. The third kappa shape index (κ3) is 2.44. The Morgan fingerprint density at radius 2 is 1.94 bits per heavy atom. The number of hydrogen-bond donors (Lipinski definition) is 0. The van der Waals surface area contributed by atoms with Crippen molar-refractivity contribution in [1.29, 1.82) is 0 Å². The standard InChI is InChI=1S/C12H9IO2S/c1-15-10-4-2-8(3-5-10)12(14)9-6-11(13)16-7-9/h2-7H,1H3. The molecule has 0 atom stereocenters. The van der Waals surface area contributed by atoms with Crippen LogP contribution in [0.4, 0.5) is 0 Å². The van der Waals surface area contributed by atoms with E-state index in [2.05, 4.69) is 22.6 Å². The largest absolute Gasteiger partial charge is 0.497 e. The van der Waals surface area contributed by atoms with Crippen LogP contribution in [0.1, 0.15) is 15.9 Å². The van der Waals surface area contributed by atoms with Crippen molar-refractivity contribution in [2.24, 2.45) is 0 Å². The molecule has 2 nitrogen and oxygen atoms in total. The van der Waals surface area contributed by atoms with Crippen LogP contribution < -0.4 is 4.74 Å². The van der Waals surface area contributed by atoms with Gasteiger partial charge in [0.1, 0.15) is 5.75 Å². The van der Waals surface area contributed by atoms with E-state index in [0.717, 1.165) is 14.2 Å². The molecule has 0 fully saturated rings. The molecule has 0 bridgehead atoms. The number of ether oxygens (including phenoxy) is 1. The molecule has 16 heavy (non-hydrogen) atoms. The molecule has 0 aliphatic carbocycles. The summed E-state index contributed by atoms with van der Waals surface area (Å²) in [5.41, 5.74) is 1.44. The number of benzene rings is 1. The van der Waals surface area contributed by atoms with E-state index in [1.54, 1.807) is 42.7 Å². The van der Waals surface area contributed by atoms with Gasteiger partial charge in [-0.3, -0.25) is 4.79 Å². The maximum absolute atomic E-state index is 12.0. The Kier molecular flexibility index (Phi) is 3.60. The number of hydrogen-bond acceptors (Lipinski definition) is 3. The third-order valence-corrected chi connectivity index (χ3v) is 3.97. The molecule has 0 aliphatic rings. The second kappa shape index (κ2) is 4.97. The lowest BCUT2D eigenvalue weighted by Gasteiger charge is -2.01. The smallest absolute Gasteiger partial charge is 0.193 e. The summed E-state index contributed by atoms with van der Waals surface area (Å²) in [4.78, 5) is 12.0. The van der Waals surface area contributed by atoms with Gasteiger partial charge in [-0.05, 0) is 52.9 Å². The molecular weight excluding hydrogens is 335 g/mol. The first-order valence-electron chi connectivity index (χ1n) is 4.63. The minimum absolute atomic E-state index is 0.0572. The van der Waals surface area contributed by atoms with E-state index in [-0.39, 0.29) is 5.78 Å². The molecule has 1 aromatic heterocycles. The average molecular weight is 344 g/mol. The molecule has 0 unspecified atom stereocenters. The molecule has 82 valence electrons. The van der Waals surface area contributed by atoms with Gasteiger partial charge in [-0.25, -0.2) is 0 Å². The molecular formula is C12H9IO2S. The lowest BCUT2D eigenvalue weighted by molar-refractivity contribution is 0.103. The molecule has 2 aromatic rings. The Hall–Kier alpha value is -0.880. The summed E-state index contributed by atoms with van der Waals surface area (Å²) in [5.74, 6) is 0.818. The van der Waals surface area contributed by atoms with Crippen molar-refractivity contribution in [2.75, 3.05) is 7.11 Å². The quantitative estimate of drug-likeness (QED) is 0.628. The topological polar surface area (TPSA) is 26.3 Å². The van der Waals surface area contributed by atoms with E-state index in [9.17, 15) is 4.79 Å². The molecule has 0 radical (unpaired) electrons. The van der Waals surface area contributed by atoms with Crippen LogP contribution in [0, 0.1) is 2.88 Å². The lowest BCUT2D eigenvalue weighted by atomic mass is 10.1. The molecule has 2 rings (SSSR count). The fraction of sp³-hybridized carbons (Fsp3) is 0.0833. The molecule has 0 aliphatic heterocycles. The number of methoxy groups -OCH3 is 1. The van der Waals surface area contributed by atoms with Gasteiger partial charge in [0, 0.05) is 16.5 Å². The van der Waals surface area contributed by atoms with Crippen molar-refractivity contribution in [3.63, 3.8) is 0 Å². The monoisotopic (exact) mass is 344 g/mol. The van der Waals surface area contributed by atoms with Crippen LogP contribution in [0.3, 0.4) is 0 Å². The van der Waals surface area contributed by atoms with Crippen molar-refractivity contribution in [1.82, 2.24) is 0 Å². The molecule has 4 heteroatoms. The van der Waals surface area contributed by atoms with Gasteiger partial charge in [0.25, 0.3) is 0 Å². The van der Waals surface area contributed by atoms with Gasteiger partial charge in [-0.1, -0.05) is 0 Å². The first kappa shape index (κ1) is 11.6. The van der Waals surface area contributed by atoms with Crippen molar-refractivity contribution in [3.05, 3.63) is 49.7 Å². The first-order valence-corrected chi connectivity index (χ1v) is 6.59. The highest BCUT2D eigenvalue weighted by Gasteiger charge is 2.10. The summed E-state index contributed by atoms with van der Waals surface area (Å²) >= 11 is 3.79. The average Bonchev–Trinajstić information content (AvgIpc) is 2.75. The van der Waals surface area contributed by atoms with Crippen LogP contribution in [0.15, 0.2) is 35.7 Å². The van der Waals surface area contributed by atoms with Gasteiger partial charge < -0.3 is 4.74 Å². The van der Waals surface area contributed by atoms with E-state index in [0.29, 0.717) is 5.56 Å². The predicted octanol–water partition coefficient (Wildman–Crippen LogP) is 3.59. The maximum Gasteiger partial charge on any atom is 0.193 e. The predicted molar refractivity (Wildman–Crippen MR) is 73.5 cm³/mol. The fourth-order valence-corrected chi connectivity index (χ4v) is 2.66. The van der Waals surface area contributed by atoms with Crippen molar-refractivity contribution < 1.29 is 9.53 Å². The molecule has 1 heterocycles. The maximum atomic E-state index is 12.0. The molecule has 0 amide bonds. The van der Waals surface area contributed by atoms with Crippen LogP contribution in [-0.4, -0.2) is 12.9 Å². The van der Waals surface area contributed by atoms with Crippen LogP contribution in [-0.2, 0) is 0 Å². The molecule has 0 N–H and O–H groups in total. The summed E-state index contributed by atoms with van der Waals surface area (Å²) in [5, 5.41) is 1.88. The molecule has 0 spiro atoms. The minimum Gasteiger partial charge on any atom is -0.497 e. The lowest BCUT2D eigenvalue weighted by Crippen LogP contribution is -1.99. The van der Waals surface area contributed by atoms with Gasteiger partial charge in [-0.15, -0.1) is 11.3 Å². The van der Waals surface area contributed by atoms with Crippen molar-refractivity contribution in [2.45, 2.75) is 0 Å². The van der Waals surface area contributed by atoms with Gasteiger partial charge >= 0.3 is 0 Å². The van der Waals surface area contributed by atoms with E-state index < -0.39 is 0 Å². The molecule has 0 saturated heterocycles. The third-order valence-electron chi connectivity index (χ3n) is 2.18. The van der Waals surface area contributed by atoms with Gasteiger partial charge in [0.15, 0.2) is 5.78 Å². The second-order valence-corrected chi connectivity index (χ2v) is 6.00. The van der Waals surface area contributed by atoms with Crippen LogP contribution in [0.2, 0.25) is 0 Å². The zero-order valence-electron chi connectivity index (χ0n) is 8.57. The first-order chi connectivity index (χ1) is 7.70. The van der Waals surface area contributed by atoms with Gasteiger partial charge in [-0.2, -0.15) is 0 Å². The highest BCUT2D eigenvalue weighted by atomic mass is 127. The summed E-state index contributed by atoms with van der Waals surface area (Å²) < 4.78 is 6.17. The second-order valence-electron chi connectivity index (χ2n) is 3.20. The van der Waals surface area contributed by atoms with Crippen molar-refractivity contribution >= 4 is 39.7 Å². The summed E-state index contributed by atoms with van der Waals surface area (Å²) in [6.45, 7) is 0. The number of thiophene rings is 1. The van der Waals surface area contributed by atoms with Crippen LogP contribution in [0.25, 0.3) is 0 Å². The summed E-state index contributed by atoms with van der Waals surface area (Å²) in [6, 6.07) is 9.06. The van der Waals surface area contributed by atoms with Crippen LogP contribution in [0.5, 0.6) is 5.75 Å². The molecule has 0 saturated carbocycles. The fourth-order valence-electron chi connectivity index (χ4n) is 1.34. The Morgan fingerprint density at radius 3 is 2.44 bits per heavy atom. The number of rotatable bonds is 3. The van der Waals surface area contributed by atoms with Crippen LogP contribution >= 0.6 is 33.9 Å². The van der Waals surface area contributed by atoms with E-state index in [4.69, 9.17) is 4.74 Å². The number of carbonyl (C=O) groups is 1. The van der Waals surface area contributed by atoms with Gasteiger partial charge in [0.05, 0.1) is 9.99 Å². The molecule has 1 aromatic carbocycles. The highest BCUT2D eigenvalue weighted by Crippen LogP contribution is 2.20. The number of ketones is 1. The van der Waals surface area contributed by atoms with Crippen molar-refractivity contribution in [3.8, 4) is 5.75 Å². The van der Waals surface area contributed by atoms with E-state index >= 15 is 0 Å². The number of halogens is 1. The summed E-state index contributed by atoms with van der Waals surface area (Å²) in [7, 11) is 1.61. The minimum atomic E-state index is 0.0572. The zero-order valence-corrected chi connectivity index (χ0v) is 11.5. The zero-order chi connectivity index (χ0) is 11.5. The highest BCUT2D eigenvalue weighted by molar-refractivity contribution is 14.1. The SMILES string of the molecule is COc1ccc(C(=O)c2csc(I)c2)cc1. The number of carbonyl (C=O) groups excluding carboxylic acids is 1. The Balaban J connectivity index is 2.27. The van der Waals surface area contributed by atoms with Gasteiger partial charge in [0.2, 0.25) is 0 Å². The van der Waals surface area contributed by atoms with E-state index in [1.807, 2.05) is 11.4 Å². The Morgan fingerprint density at radius 1 is 1.25 bits per heavy atom. The van der Waals surface area contributed by atoms with E-state index in [1.165, 1.54) is 0 Å². The summed E-state index contributed by atoms with van der Waals surface area (Å²) in [6.07, 6.45) is 0. The Labute approximate surface area is 111 Å². The normalized spacial score (nSPS) is 10.1.